The van der Waals surface area contributed by atoms with Crippen LogP contribution in [-0.4, -0.2) is 84.0 Å². The number of hydrogen-bond acceptors (Lipinski definition) is 7. The number of unbranched alkanes of at least 4 members (excludes halogenated alkanes) is 1. The number of carbonyl (C=O) groups is 4. The van der Waals surface area contributed by atoms with Crippen LogP contribution in [0.4, 0.5) is 0 Å². The second kappa shape index (κ2) is 20.5. The molecule has 1 spiro atoms. The number of likely N-dealkylation sites (tertiary alicyclic amines) is 2. The van der Waals surface area contributed by atoms with Crippen LogP contribution < -0.4 is 16.8 Å². The second-order valence-electron chi connectivity index (χ2n) is 17.2. The minimum absolute atomic E-state index is 0.0211. The molecule has 2 saturated heterocycles. The summed E-state index contributed by atoms with van der Waals surface area (Å²) >= 11 is 0. The maximum absolute atomic E-state index is 14.2. The molecule has 2 amide bonds. The zero-order chi connectivity index (χ0) is 38.5. The van der Waals surface area contributed by atoms with Crippen molar-refractivity contribution >= 4 is 23.4 Å². The smallest absolute Gasteiger partial charge is 0.226 e. The fraction of sp³-hybridized carbons (Fsp3) is 0.644. The molecule has 2 heterocycles. The quantitative estimate of drug-likeness (QED) is 0.145. The summed E-state index contributed by atoms with van der Waals surface area (Å²) in [5, 5.41) is 3.08. The standard InChI is InChI=1S/C45H67N5O4/c1-33(2)26-40(48-43(53)37(27-34-14-6-3-7-15-34)30-41(51)39(47)28-35-16-8-4-9-17-35)42(52)29-36(18-10-11-21-46)44(54)50-24-19-45(20-25-50)31-38(32-45)49-22-12-5-13-23-49/h3-4,6-9,14-17,33,36-40H,5,10-13,18-32,46-47H2,1-2H3,(H,48,53)/t36-,37-,39+,40+/m0/s1. The van der Waals surface area contributed by atoms with Crippen molar-refractivity contribution in [1.82, 2.24) is 15.1 Å². The summed E-state index contributed by atoms with van der Waals surface area (Å²) < 4.78 is 0. The molecule has 0 radical (unpaired) electrons. The summed E-state index contributed by atoms with van der Waals surface area (Å²) in [7, 11) is 0. The number of benzene rings is 2. The third kappa shape index (κ3) is 12.0. The molecule has 9 heteroatoms. The Balaban J connectivity index is 1.22. The minimum Gasteiger partial charge on any atom is -0.346 e. The number of nitrogens with one attached hydrogen (secondary N) is 1. The summed E-state index contributed by atoms with van der Waals surface area (Å²) in [6.45, 7) is 8.57. The van der Waals surface area contributed by atoms with Gasteiger partial charge in [-0.1, -0.05) is 87.4 Å². The van der Waals surface area contributed by atoms with Crippen molar-refractivity contribution in [2.45, 2.75) is 128 Å². The highest BCUT2D eigenvalue weighted by atomic mass is 16.2. The van der Waals surface area contributed by atoms with Gasteiger partial charge in [0.1, 0.15) is 0 Å². The van der Waals surface area contributed by atoms with E-state index >= 15 is 0 Å². The average molecular weight is 742 g/mol. The molecule has 5 N–H and O–H groups in total. The Bertz CT molecular complexity index is 1480. The fourth-order valence-corrected chi connectivity index (χ4v) is 9.15. The largest absolute Gasteiger partial charge is 0.346 e. The van der Waals surface area contributed by atoms with Crippen LogP contribution in [0.15, 0.2) is 60.7 Å². The predicted molar refractivity (Wildman–Crippen MR) is 215 cm³/mol. The highest BCUT2D eigenvalue weighted by molar-refractivity contribution is 5.94. The van der Waals surface area contributed by atoms with Crippen molar-refractivity contribution in [1.29, 1.82) is 0 Å². The number of nitrogens with two attached hydrogens (primary N) is 2. The Hall–Kier alpha value is -3.40. The van der Waals surface area contributed by atoms with Gasteiger partial charge in [-0.05, 0) is 113 Å². The molecule has 2 aliphatic heterocycles. The van der Waals surface area contributed by atoms with Gasteiger partial charge in [-0.2, -0.15) is 0 Å². The van der Waals surface area contributed by atoms with Crippen LogP contribution >= 0.6 is 0 Å². The number of hydrogen-bond donors (Lipinski definition) is 3. The van der Waals surface area contributed by atoms with E-state index in [0.29, 0.717) is 43.7 Å². The Morgan fingerprint density at radius 2 is 1.37 bits per heavy atom. The van der Waals surface area contributed by atoms with Crippen LogP contribution in [0.1, 0.15) is 108 Å². The van der Waals surface area contributed by atoms with E-state index in [1.54, 1.807) is 0 Å². The van der Waals surface area contributed by atoms with E-state index in [1.165, 1.54) is 45.2 Å². The number of nitrogens with zero attached hydrogens (tertiary/aromatic N) is 2. The zero-order valence-corrected chi connectivity index (χ0v) is 33.1. The van der Waals surface area contributed by atoms with Gasteiger partial charge in [0, 0.05) is 43.8 Å². The highest BCUT2D eigenvalue weighted by Gasteiger charge is 2.48. The molecule has 0 aromatic heterocycles. The van der Waals surface area contributed by atoms with E-state index in [4.69, 9.17) is 11.5 Å². The molecule has 4 atom stereocenters. The molecule has 5 rings (SSSR count). The Kier molecular flexibility index (Phi) is 15.9. The first kappa shape index (κ1) is 41.8. The minimum atomic E-state index is -0.750. The summed E-state index contributed by atoms with van der Waals surface area (Å²) in [4.78, 5) is 60.6. The average Bonchev–Trinajstić information content (AvgIpc) is 3.16. The molecule has 1 saturated carbocycles. The lowest BCUT2D eigenvalue weighted by atomic mass is 9.59. The van der Waals surface area contributed by atoms with Crippen LogP contribution in [-0.2, 0) is 32.0 Å². The number of Topliss-reactive ketones (excluding diaryl/α,β-unsaturated/α-hetero) is 2. The molecule has 2 aromatic rings. The van der Waals surface area contributed by atoms with E-state index in [0.717, 1.165) is 49.9 Å². The lowest BCUT2D eigenvalue weighted by molar-refractivity contribution is -0.143. The first-order valence-corrected chi connectivity index (χ1v) is 21.0. The predicted octanol–water partition coefficient (Wildman–Crippen LogP) is 5.87. The van der Waals surface area contributed by atoms with Crippen LogP contribution in [0.2, 0.25) is 0 Å². The van der Waals surface area contributed by atoms with E-state index in [2.05, 4.69) is 10.2 Å². The Morgan fingerprint density at radius 1 is 0.778 bits per heavy atom. The summed E-state index contributed by atoms with van der Waals surface area (Å²) in [6, 6.07) is 18.5. The highest BCUT2D eigenvalue weighted by Crippen LogP contribution is 2.51. The van der Waals surface area contributed by atoms with Crippen LogP contribution in [0.25, 0.3) is 0 Å². The van der Waals surface area contributed by atoms with Gasteiger partial charge in [-0.3, -0.25) is 19.2 Å². The van der Waals surface area contributed by atoms with Crippen LogP contribution in [0.5, 0.6) is 0 Å². The van der Waals surface area contributed by atoms with E-state index < -0.39 is 23.9 Å². The Morgan fingerprint density at radius 3 is 1.96 bits per heavy atom. The monoisotopic (exact) mass is 742 g/mol. The molecule has 54 heavy (non-hydrogen) atoms. The lowest BCUT2D eigenvalue weighted by Crippen LogP contribution is -2.57. The van der Waals surface area contributed by atoms with Crippen LogP contribution in [0, 0.1) is 23.2 Å². The van der Waals surface area contributed by atoms with Gasteiger partial charge in [0.25, 0.3) is 0 Å². The number of rotatable bonds is 20. The number of carbonyl (C=O) groups excluding carboxylic acids is 4. The first-order chi connectivity index (χ1) is 26.1. The fourth-order valence-electron chi connectivity index (χ4n) is 9.15. The van der Waals surface area contributed by atoms with Crippen molar-refractivity contribution in [2.75, 3.05) is 32.7 Å². The van der Waals surface area contributed by atoms with E-state index in [-0.39, 0.29) is 42.1 Å². The van der Waals surface area contributed by atoms with Crippen LogP contribution in [0.3, 0.4) is 0 Å². The number of amides is 2. The molecule has 9 nitrogen and oxygen atoms in total. The molecule has 0 unspecified atom stereocenters. The van der Waals surface area contributed by atoms with Crippen molar-refractivity contribution in [3.63, 3.8) is 0 Å². The third-order valence-electron chi connectivity index (χ3n) is 12.5. The van der Waals surface area contributed by atoms with Crippen molar-refractivity contribution in [3.8, 4) is 0 Å². The van der Waals surface area contributed by atoms with Gasteiger partial charge in [0.2, 0.25) is 11.8 Å². The van der Waals surface area contributed by atoms with E-state index in [9.17, 15) is 19.2 Å². The van der Waals surface area contributed by atoms with Crippen molar-refractivity contribution < 1.29 is 19.2 Å². The summed E-state index contributed by atoms with van der Waals surface area (Å²) in [6.07, 6.45) is 12.0. The Labute approximate surface area is 324 Å². The molecular formula is C45H67N5O4. The van der Waals surface area contributed by atoms with Gasteiger partial charge in [-0.15, -0.1) is 0 Å². The van der Waals surface area contributed by atoms with Gasteiger partial charge in [0.15, 0.2) is 11.6 Å². The first-order valence-electron chi connectivity index (χ1n) is 21.0. The SMILES string of the molecule is CC(C)C[C@@H](NC(=O)[C@H](CC(=O)[C@H](N)Cc1ccccc1)Cc1ccccc1)C(=O)C[C@H](CCCCN)C(=O)N1CCC2(CC1)CC(N1CCCCC1)C2. The van der Waals surface area contributed by atoms with Gasteiger partial charge in [0.05, 0.1) is 12.1 Å². The van der Waals surface area contributed by atoms with Gasteiger partial charge in [-0.25, -0.2) is 0 Å². The second-order valence-corrected chi connectivity index (χ2v) is 17.2. The molecule has 1 aliphatic carbocycles. The summed E-state index contributed by atoms with van der Waals surface area (Å²) in [5.74, 6) is -1.55. The number of piperidine rings is 2. The lowest BCUT2D eigenvalue weighted by Gasteiger charge is -2.56. The molecule has 296 valence electrons. The van der Waals surface area contributed by atoms with Crippen molar-refractivity contribution in [3.05, 3.63) is 71.8 Å². The topological polar surface area (TPSA) is 139 Å². The van der Waals surface area contributed by atoms with Gasteiger partial charge >= 0.3 is 0 Å². The molecule has 2 aromatic carbocycles. The summed E-state index contributed by atoms with van der Waals surface area (Å²) in [5.41, 5.74) is 14.5. The maximum Gasteiger partial charge on any atom is 0.226 e. The molecular weight excluding hydrogens is 675 g/mol. The van der Waals surface area contributed by atoms with E-state index in [1.807, 2.05) is 79.4 Å². The maximum atomic E-state index is 14.2. The molecule has 3 aliphatic rings. The van der Waals surface area contributed by atoms with Gasteiger partial charge < -0.3 is 26.6 Å². The normalized spacial score (nSPS) is 19.8. The molecule has 3 fully saturated rings. The number of ketones is 2. The zero-order valence-electron chi connectivity index (χ0n) is 33.1. The third-order valence-corrected chi connectivity index (χ3v) is 12.5. The van der Waals surface area contributed by atoms with Crippen molar-refractivity contribution in [2.24, 2.45) is 34.6 Å². The molecule has 0 bridgehead atoms.